The number of primary sulfonamides is 1. The van der Waals surface area contributed by atoms with Crippen LogP contribution >= 0.6 is 0 Å². The zero-order valence-corrected chi connectivity index (χ0v) is 11.0. The average molecular weight is 260 g/mol. The quantitative estimate of drug-likeness (QED) is 0.781. The average Bonchev–Trinajstić information content (AvgIpc) is 2.64. The van der Waals surface area contributed by atoms with Crippen molar-refractivity contribution in [3.05, 3.63) is 12.3 Å². The van der Waals surface area contributed by atoms with Gasteiger partial charge in [0.1, 0.15) is 5.54 Å². The molecule has 1 amide bonds. The van der Waals surface area contributed by atoms with Crippen LogP contribution < -0.4 is 5.14 Å². The molecule has 0 spiro atoms. The summed E-state index contributed by atoms with van der Waals surface area (Å²) >= 11 is 0. The minimum atomic E-state index is -3.85. The summed E-state index contributed by atoms with van der Waals surface area (Å²) in [5.41, 5.74) is -0.966. The Morgan fingerprint density at radius 3 is 2.35 bits per heavy atom. The van der Waals surface area contributed by atoms with E-state index in [1.54, 1.807) is 27.9 Å². The fourth-order valence-electron chi connectivity index (χ4n) is 1.42. The van der Waals surface area contributed by atoms with Crippen molar-refractivity contribution in [2.24, 2.45) is 5.14 Å². The number of likely N-dealkylation sites (N-methyl/N-ethyl adjacent to an activating group) is 1. The SMILES string of the molecule is CN(C)C(=O)C(C)(C)n1ccc(S(N)(=O)=O)n1. The van der Waals surface area contributed by atoms with Crippen molar-refractivity contribution in [3.63, 3.8) is 0 Å². The van der Waals surface area contributed by atoms with E-state index in [1.165, 1.54) is 21.8 Å². The first-order valence-corrected chi connectivity index (χ1v) is 6.42. The molecule has 0 fully saturated rings. The Labute approximate surface area is 100 Å². The number of hydrogen-bond acceptors (Lipinski definition) is 4. The Morgan fingerprint density at radius 1 is 1.47 bits per heavy atom. The summed E-state index contributed by atoms with van der Waals surface area (Å²) in [5, 5.41) is 8.51. The van der Waals surface area contributed by atoms with E-state index in [1.807, 2.05) is 0 Å². The number of rotatable bonds is 3. The monoisotopic (exact) mass is 260 g/mol. The summed E-state index contributed by atoms with van der Waals surface area (Å²) in [5.74, 6) is -0.193. The minimum absolute atomic E-state index is 0.193. The number of aromatic nitrogens is 2. The summed E-state index contributed by atoms with van der Waals surface area (Å²) < 4.78 is 23.5. The lowest BCUT2D eigenvalue weighted by atomic mass is 10.0. The summed E-state index contributed by atoms with van der Waals surface area (Å²) in [6, 6.07) is 1.26. The lowest BCUT2D eigenvalue weighted by Gasteiger charge is -2.27. The van der Waals surface area contributed by atoms with E-state index in [2.05, 4.69) is 5.10 Å². The van der Waals surface area contributed by atoms with Crippen LogP contribution in [0.4, 0.5) is 0 Å². The highest BCUT2D eigenvalue weighted by molar-refractivity contribution is 7.89. The van der Waals surface area contributed by atoms with Gasteiger partial charge in [-0.05, 0) is 19.9 Å². The van der Waals surface area contributed by atoms with Gasteiger partial charge in [-0.3, -0.25) is 9.48 Å². The van der Waals surface area contributed by atoms with Gasteiger partial charge in [0.2, 0.25) is 5.91 Å². The van der Waals surface area contributed by atoms with Gasteiger partial charge < -0.3 is 4.90 Å². The Hall–Kier alpha value is -1.41. The summed E-state index contributed by atoms with van der Waals surface area (Å²) in [6.07, 6.45) is 1.42. The van der Waals surface area contributed by atoms with Gasteiger partial charge >= 0.3 is 0 Å². The van der Waals surface area contributed by atoms with Gasteiger partial charge in [0.05, 0.1) is 0 Å². The predicted octanol–water partition coefficient (Wildman–Crippen LogP) is -0.646. The third-order valence-electron chi connectivity index (χ3n) is 2.36. The maximum atomic E-state index is 11.9. The molecule has 0 aliphatic heterocycles. The first-order chi connectivity index (χ1) is 7.56. The van der Waals surface area contributed by atoms with Crippen LogP contribution in [0.15, 0.2) is 17.3 Å². The zero-order chi connectivity index (χ0) is 13.4. The van der Waals surface area contributed by atoms with Gasteiger partial charge in [0.25, 0.3) is 10.0 Å². The van der Waals surface area contributed by atoms with E-state index < -0.39 is 15.6 Å². The molecule has 0 bridgehead atoms. The molecule has 1 heterocycles. The first-order valence-electron chi connectivity index (χ1n) is 4.87. The summed E-state index contributed by atoms with van der Waals surface area (Å²) in [6.45, 7) is 3.30. The molecule has 0 atom stereocenters. The number of nitrogens with zero attached hydrogens (tertiary/aromatic N) is 3. The van der Waals surface area contributed by atoms with Crippen LogP contribution in [0.25, 0.3) is 0 Å². The highest BCUT2D eigenvalue weighted by Crippen LogP contribution is 2.17. The van der Waals surface area contributed by atoms with Crippen LogP contribution in [0.3, 0.4) is 0 Å². The second-order valence-corrected chi connectivity index (χ2v) is 5.91. The third-order valence-corrected chi connectivity index (χ3v) is 3.16. The van der Waals surface area contributed by atoms with Crippen molar-refractivity contribution >= 4 is 15.9 Å². The maximum Gasteiger partial charge on any atom is 0.257 e. The number of carbonyl (C=O) groups is 1. The summed E-state index contributed by atoms with van der Waals surface area (Å²) in [4.78, 5) is 13.3. The number of nitrogens with two attached hydrogens (primary N) is 1. The molecule has 7 nitrogen and oxygen atoms in total. The molecular formula is C9H16N4O3S. The number of sulfonamides is 1. The fourth-order valence-corrected chi connectivity index (χ4v) is 1.87. The smallest absolute Gasteiger partial charge is 0.257 e. The third kappa shape index (κ3) is 2.64. The molecule has 8 heteroatoms. The van der Waals surface area contributed by atoms with E-state index in [-0.39, 0.29) is 10.9 Å². The fraction of sp³-hybridized carbons (Fsp3) is 0.556. The van der Waals surface area contributed by atoms with Crippen LogP contribution in [0, 0.1) is 0 Å². The summed E-state index contributed by atoms with van der Waals surface area (Å²) in [7, 11) is -0.607. The number of hydrogen-bond donors (Lipinski definition) is 1. The number of carbonyl (C=O) groups excluding carboxylic acids is 1. The molecule has 1 rings (SSSR count). The lowest BCUT2D eigenvalue weighted by molar-refractivity contribution is -0.137. The van der Waals surface area contributed by atoms with E-state index in [0.29, 0.717) is 0 Å². The molecule has 1 aromatic rings. The van der Waals surface area contributed by atoms with Crippen molar-refractivity contribution in [2.45, 2.75) is 24.4 Å². The Balaban J connectivity index is 3.18. The molecular weight excluding hydrogens is 244 g/mol. The van der Waals surface area contributed by atoms with Crippen molar-refractivity contribution in [2.75, 3.05) is 14.1 Å². The van der Waals surface area contributed by atoms with Crippen molar-refractivity contribution in [3.8, 4) is 0 Å². The van der Waals surface area contributed by atoms with Crippen LogP contribution in [0.2, 0.25) is 0 Å². The topological polar surface area (TPSA) is 98.3 Å². The highest BCUT2D eigenvalue weighted by Gasteiger charge is 2.32. The molecule has 0 radical (unpaired) electrons. The lowest BCUT2D eigenvalue weighted by Crippen LogP contribution is -2.44. The second-order valence-electron chi connectivity index (χ2n) is 4.40. The Kier molecular flexibility index (Phi) is 3.30. The first kappa shape index (κ1) is 13.7. The zero-order valence-electron chi connectivity index (χ0n) is 10.2. The molecule has 2 N–H and O–H groups in total. The van der Waals surface area contributed by atoms with Gasteiger partial charge in [-0.15, -0.1) is 0 Å². The molecule has 0 saturated carbocycles. The van der Waals surface area contributed by atoms with Crippen LogP contribution in [-0.2, 0) is 20.4 Å². The Bertz CT molecular complexity index is 530. The van der Waals surface area contributed by atoms with E-state index in [0.717, 1.165) is 0 Å². The molecule has 0 aliphatic rings. The van der Waals surface area contributed by atoms with E-state index in [9.17, 15) is 13.2 Å². The highest BCUT2D eigenvalue weighted by atomic mass is 32.2. The minimum Gasteiger partial charge on any atom is -0.347 e. The van der Waals surface area contributed by atoms with Crippen molar-refractivity contribution in [1.29, 1.82) is 0 Å². The predicted molar refractivity (Wildman–Crippen MR) is 61.6 cm³/mol. The molecule has 1 aromatic heterocycles. The van der Waals surface area contributed by atoms with Gasteiger partial charge in [-0.2, -0.15) is 5.10 Å². The van der Waals surface area contributed by atoms with E-state index in [4.69, 9.17) is 5.14 Å². The van der Waals surface area contributed by atoms with Crippen molar-refractivity contribution in [1.82, 2.24) is 14.7 Å². The molecule has 96 valence electrons. The Morgan fingerprint density at radius 2 is 2.00 bits per heavy atom. The molecule has 17 heavy (non-hydrogen) atoms. The normalized spacial score (nSPS) is 12.5. The molecule has 0 aromatic carbocycles. The largest absolute Gasteiger partial charge is 0.347 e. The van der Waals surface area contributed by atoms with Gasteiger partial charge in [0.15, 0.2) is 5.03 Å². The molecule has 0 aliphatic carbocycles. The van der Waals surface area contributed by atoms with Gasteiger partial charge in [-0.25, -0.2) is 13.6 Å². The molecule has 0 unspecified atom stereocenters. The molecule has 0 saturated heterocycles. The second kappa shape index (κ2) is 4.11. The van der Waals surface area contributed by atoms with Crippen molar-refractivity contribution < 1.29 is 13.2 Å². The standard InChI is InChI=1S/C9H16N4O3S/c1-9(2,8(14)12(3)4)13-6-5-7(11-13)17(10,15)16/h5-6H,1-4H3,(H2,10,15,16). The van der Waals surface area contributed by atoms with Gasteiger partial charge in [0, 0.05) is 20.3 Å². The van der Waals surface area contributed by atoms with Gasteiger partial charge in [-0.1, -0.05) is 0 Å². The maximum absolute atomic E-state index is 11.9. The number of amides is 1. The van der Waals surface area contributed by atoms with E-state index >= 15 is 0 Å². The van der Waals surface area contributed by atoms with Crippen LogP contribution in [-0.4, -0.2) is 43.1 Å². The van der Waals surface area contributed by atoms with Crippen LogP contribution in [0.1, 0.15) is 13.8 Å². The van der Waals surface area contributed by atoms with Crippen LogP contribution in [0.5, 0.6) is 0 Å².